The van der Waals surface area contributed by atoms with Crippen molar-refractivity contribution < 1.29 is 4.74 Å². The molecule has 2 rings (SSSR count). The molecule has 2 aliphatic rings. The molecular weight excluding hydrogens is 214 g/mol. The number of nitrogens with two attached hydrogens (primary N) is 1. The van der Waals surface area contributed by atoms with Crippen molar-refractivity contribution in [2.45, 2.75) is 57.5 Å². The first kappa shape index (κ1) is 12.7. The van der Waals surface area contributed by atoms with Crippen LogP contribution in [0.15, 0.2) is 4.99 Å². The van der Waals surface area contributed by atoms with E-state index in [1.807, 2.05) is 0 Å². The first-order chi connectivity index (χ1) is 8.31. The molecule has 0 radical (unpaired) electrons. The molecule has 1 saturated heterocycles. The van der Waals surface area contributed by atoms with Gasteiger partial charge in [-0.2, -0.15) is 0 Å². The number of hydrogen-bond donors (Lipinski definition) is 1. The Morgan fingerprint density at radius 1 is 1.35 bits per heavy atom. The van der Waals surface area contributed by atoms with E-state index in [0.717, 1.165) is 32.1 Å². The Kier molecular flexibility index (Phi) is 4.66. The molecule has 1 atom stereocenters. The number of aliphatic imine (C=N–C) groups is 1. The van der Waals surface area contributed by atoms with Crippen LogP contribution in [0.4, 0.5) is 0 Å². The summed E-state index contributed by atoms with van der Waals surface area (Å²) in [5, 5.41) is 0. The molecule has 0 aromatic heterocycles. The predicted molar refractivity (Wildman–Crippen MR) is 70.1 cm³/mol. The molecule has 1 heterocycles. The fourth-order valence-corrected chi connectivity index (χ4v) is 2.77. The first-order valence-corrected chi connectivity index (χ1v) is 6.99. The van der Waals surface area contributed by atoms with Crippen molar-refractivity contribution in [3.05, 3.63) is 0 Å². The zero-order valence-electron chi connectivity index (χ0n) is 10.9. The number of guanidine groups is 1. The summed E-state index contributed by atoms with van der Waals surface area (Å²) in [5.41, 5.74) is 6.17. The van der Waals surface area contributed by atoms with Crippen molar-refractivity contribution >= 4 is 5.96 Å². The third-order valence-electron chi connectivity index (χ3n) is 3.88. The Morgan fingerprint density at radius 2 is 2.12 bits per heavy atom. The van der Waals surface area contributed by atoms with Gasteiger partial charge in [0.25, 0.3) is 0 Å². The summed E-state index contributed by atoms with van der Waals surface area (Å²) >= 11 is 0. The molecule has 0 amide bonds. The molecule has 0 spiro atoms. The van der Waals surface area contributed by atoms with Crippen LogP contribution in [-0.4, -0.2) is 42.7 Å². The molecule has 98 valence electrons. The van der Waals surface area contributed by atoms with Gasteiger partial charge < -0.3 is 15.4 Å². The summed E-state index contributed by atoms with van der Waals surface area (Å²) in [6.07, 6.45) is 7.47. The van der Waals surface area contributed by atoms with E-state index in [1.165, 1.54) is 32.1 Å². The quantitative estimate of drug-likeness (QED) is 0.590. The summed E-state index contributed by atoms with van der Waals surface area (Å²) in [7, 11) is 0. The SMILES string of the molecule is CCC1COCCN1C(N)=NC1CCCCC1. The van der Waals surface area contributed by atoms with E-state index in [4.69, 9.17) is 15.5 Å². The largest absolute Gasteiger partial charge is 0.377 e. The molecule has 0 aromatic carbocycles. The average Bonchev–Trinajstić information content (AvgIpc) is 2.40. The van der Waals surface area contributed by atoms with Gasteiger partial charge in [0, 0.05) is 6.54 Å². The number of hydrogen-bond acceptors (Lipinski definition) is 2. The zero-order valence-corrected chi connectivity index (χ0v) is 10.9. The first-order valence-electron chi connectivity index (χ1n) is 6.99. The molecule has 1 aliphatic heterocycles. The maximum atomic E-state index is 6.17. The Hall–Kier alpha value is -0.770. The van der Waals surface area contributed by atoms with Gasteiger partial charge in [-0.15, -0.1) is 0 Å². The lowest BCUT2D eigenvalue weighted by atomic mass is 9.96. The fraction of sp³-hybridized carbons (Fsp3) is 0.923. The highest BCUT2D eigenvalue weighted by molar-refractivity contribution is 5.78. The minimum atomic E-state index is 0.413. The van der Waals surface area contributed by atoms with E-state index >= 15 is 0 Å². The van der Waals surface area contributed by atoms with Crippen molar-refractivity contribution in [3.8, 4) is 0 Å². The second-order valence-corrected chi connectivity index (χ2v) is 5.11. The zero-order chi connectivity index (χ0) is 12.1. The molecule has 2 N–H and O–H groups in total. The Balaban J connectivity index is 1.95. The molecule has 4 heteroatoms. The Morgan fingerprint density at radius 3 is 2.82 bits per heavy atom. The van der Waals surface area contributed by atoms with Crippen molar-refractivity contribution in [1.82, 2.24) is 4.90 Å². The van der Waals surface area contributed by atoms with Crippen LogP contribution in [0.5, 0.6) is 0 Å². The van der Waals surface area contributed by atoms with Gasteiger partial charge in [-0.25, -0.2) is 4.99 Å². The third-order valence-corrected chi connectivity index (χ3v) is 3.88. The maximum Gasteiger partial charge on any atom is 0.191 e. The predicted octanol–water partition coefficient (Wildman–Crippen LogP) is 1.74. The van der Waals surface area contributed by atoms with Gasteiger partial charge in [0.05, 0.1) is 25.3 Å². The van der Waals surface area contributed by atoms with Crippen molar-refractivity contribution in [2.24, 2.45) is 10.7 Å². The molecule has 17 heavy (non-hydrogen) atoms. The second-order valence-electron chi connectivity index (χ2n) is 5.11. The molecule has 4 nitrogen and oxygen atoms in total. The molecule has 0 aromatic rings. The molecule has 0 bridgehead atoms. The van der Waals surface area contributed by atoms with E-state index < -0.39 is 0 Å². The van der Waals surface area contributed by atoms with Crippen molar-refractivity contribution in [2.75, 3.05) is 19.8 Å². The minimum Gasteiger partial charge on any atom is -0.377 e. The minimum absolute atomic E-state index is 0.413. The topological polar surface area (TPSA) is 50.9 Å². The van der Waals surface area contributed by atoms with Gasteiger partial charge in [-0.3, -0.25) is 0 Å². The molecule has 1 unspecified atom stereocenters. The number of nitrogens with zero attached hydrogens (tertiary/aromatic N) is 2. The lowest BCUT2D eigenvalue weighted by Crippen LogP contribution is -2.51. The highest BCUT2D eigenvalue weighted by Gasteiger charge is 2.24. The van der Waals surface area contributed by atoms with Crippen LogP contribution in [0.1, 0.15) is 45.4 Å². The molecule has 2 fully saturated rings. The maximum absolute atomic E-state index is 6.17. The van der Waals surface area contributed by atoms with Crippen LogP contribution in [-0.2, 0) is 4.74 Å². The van der Waals surface area contributed by atoms with Crippen LogP contribution in [0.2, 0.25) is 0 Å². The van der Waals surface area contributed by atoms with Crippen molar-refractivity contribution in [3.63, 3.8) is 0 Å². The monoisotopic (exact) mass is 239 g/mol. The van der Waals surface area contributed by atoms with Gasteiger partial charge in [0.2, 0.25) is 0 Å². The van der Waals surface area contributed by atoms with E-state index in [9.17, 15) is 0 Å². The van der Waals surface area contributed by atoms with Gasteiger partial charge in [0.1, 0.15) is 0 Å². The second kappa shape index (κ2) is 6.24. The standard InChI is InChI=1S/C13H25N3O/c1-2-12-10-17-9-8-16(12)13(14)15-11-6-4-3-5-7-11/h11-12H,2-10H2,1H3,(H2,14,15). The van der Waals surface area contributed by atoms with E-state index in [0.29, 0.717) is 12.1 Å². The van der Waals surface area contributed by atoms with E-state index in [-0.39, 0.29) is 0 Å². The normalized spacial score (nSPS) is 28.4. The lowest BCUT2D eigenvalue weighted by molar-refractivity contribution is 0.0243. The van der Waals surface area contributed by atoms with E-state index in [2.05, 4.69) is 11.8 Å². The number of rotatable bonds is 2. The van der Waals surface area contributed by atoms with Gasteiger partial charge in [-0.1, -0.05) is 26.2 Å². The number of ether oxygens (including phenoxy) is 1. The molecule has 1 saturated carbocycles. The number of morpholine rings is 1. The van der Waals surface area contributed by atoms with Crippen molar-refractivity contribution in [1.29, 1.82) is 0 Å². The summed E-state index contributed by atoms with van der Waals surface area (Å²) in [6, 6.07) is 0.875. The van der Waals surface area contributed by atoms with Crippen LogP contribution >= 0.6 is 0 Å². The highest BCUT2D eigenvalue weighted by Crippen LogP contribution is 2.21. The van der Waals surface area contributed by atoms with Crippen LogP contribution in [0.3, 0.4) is 0 Å². The van der Waals surface area contributed by atoms with Gasteiger partial charge in [0.15, 0.2) is 5.96 Å². The third kappa shape index (κ3) is 3.35. The lowest BCUT2D eigenvalue weighted by Gasteiger charge is -2.36. The summed E-state index contributed by atoms with van der Waals surface area (Å²) in [5.74, 6) is 0.743. The molecular formula is C13H25N3O. The van der Waals surface area contributed by atoms with Gasteiger partial charge in [-0.05, 0) is 19.3 Å². The summed E-state index contributed by atoms with van der Waals surface area (Å²) in [4.78, 5) is 6.96. The van der Waals surface area contributed by atoms with Gasteiger partial charge >= 0.3 is 0 Å². The average molecular weight is 239 g/mol. The van der Waals surface area contributed by atoms with Crippen LogP contribution in [0, 0.1) is 0 Å². The summed E-state index contributed by atoms with van der Waals surface area (Å²) < 4.78 is 5.49. The fourth-order valence-electron chi connectivity index (χ4n) is 2.77. The van der Waals surface area contributed by atoms with Crippen LogP contribution < -0.4 is 5.73 Å². The molecule has 1 aliphatic carbocycles. The van der Waals surface area contributed by atoms with Crippen LogP contribution in [0.25, 0.3) is 0 Å². The smallest absolute Gasteiger partial charge is 0.191 e. The Labute approximate surface area is 104 Å². The Bertz CT molecular complexity index is 261. The summed E-state index contributed by atoms with van der Waals surface area (Å²) in [6.45, 7) is 4.63. The van der Waals surface area contributed by atoms with E-state index in [1.54, 1.807) is 0 Å². The highest BCUT2D eigenvalue weighted by atomic mass is 16.5.